The third-order valence-electron chi connectivity index (χ3n) is 3.42. The van der Waals surface area contributed by atoms with Crippen LogP contribution in [-0.2, 0) is 17.8 Å². The smallest absolute Gasteiger partial charge is 0.325 e. The Morgan fingerprint density at radius 3 is 2.43 bits per heavy atom. The van der Waals surface area contributed by atoms with Crippen LogP contribution >= 0.6 is 0 Å². The van der Waals surface area contributed by atoms with Crippen LogP contribution in [0.5, 0.6) is 0 Å². The summed E-state index contributed by atoms with van der Waals surface area (Å²) in [5.41, 5.74) is 2.27. The Hall–Kier alpha value is -2.20. The summed E-state index contributed by atoms with van der Waals surface area (Å²) >= 11 is 0. The Morgan fingerprint density at radius 2 is 1.86 bits per heavy atom. The van der Waals surface area contributed by atoms with Gasteiger partial charge in [-0.1, -0.05) is 49.4 Å². The monoisotopic (exact) mass is 287 g/mol. The van der Waals surface area contributed by atoms with Crippen molar-refractivity contribution in [2.24, 2.45) is 0 Å². The number of hydrogen-bond donors (Lipinski definition) is 2. The molecule has 1 atom stereocenters. The number of hydrogen-bond acceptors (Lipinski definition) is 2. The predicted octanol–water partition coefficient (Wildman–Crippen LogP) is 3.30. The van der Waals surface area contributed by atoms with E-state index in [2.05, 4.69) is 5.32 Å². The van der Waals surface area contributed by atoms with Gasteiger partial charge < -0.3 is 5.11 Å². The molecule has 0 bridgehead atoms. The number of nitrogens with one attached hydrogen (secondary N) is 1. The van der Waals surface area contributed by atoms with Gasteiger partial charge in [0.25, 0.3) is 0 Å². The fraction of sp³-hybridized carbons (Fsp3) is 0.235. The lowest BCUT2D eigenvalue weighted by molar-refractivity contribution is -0.139. The molecule has 2 rings (SSSR count). The lowest BCUT2D eigenvalue weighted by atomic mass is 10.0. The van der Waals surface area contributed by atoms with Crippen molar-refractivity contribution in [3.8, 4) is 0 Å². The Bertz CT molecular complexity index is 610. The zero-order valence-corrected chi connectivity index (χ0v) is 11.8. The van der Waals surface area contributed by atoms with Crippen LogP contribution in [0.3, 0.4) is 0 Å². The van der Waals surface area contributed by atoms with Gasteiger partial charge in [0.15, 0.2) is 0 Å². The molecule has 0 aromatic heterocycles. The molecule has 0 amide bonds. The van der Waals surface area contributed by atoms with Crippen molar-refractivity contribution in [1.82, 2.24) is 5.32 Å². The van der Waals surface area contributed by atoms with Gasteiger partial charge in [-0.25, -0.2) is 4.39 Å². The third kappa shape index (κ3) is 3.89. The van der Waals surface area contributed by atoms with Gasteiger partial charge in [0, 0.05) is 12.1 Å². The molecule has 3 nitrogen and oxygen atoms in total. The molecular weight excluding hydrogens is 269 g/mol. The average molecular weight is 287 g/mol. The zero-order chi connectivity index (χ0) is 15.2. The van der Waals surface area contributed by atoms with Crippen LogP contribution in [0.1, 0.15) is 29.7 Å². The summed E-state index contributed by atoms with van der Waals surface area (Å²) in [4.78, 5) is 11.4. The highest BCUT2D eigenvalue weighted by Crippen LogP contribution is 2.16. The molecule has 21 heavy (non-hydrogen) atoms. The molecule has 0 saturated heterocycles. The van der Waals surface area contributed by atoms with Gasteiger partial charge in [-0.15, -0.1) is 0 Å². The molecule has 0 saturated carbocycles. The number of carboxylic acids is 1. The van der Waals surface area contributed by atoms with E-state index in [4.69, 9.17) is 0 Å². The van der Waals surface area contributed by atoms with Gasteiger partial charge in [-0.05, 0) is 23.6 Å². The van der Waals surface area contributed by atoms with Crippen molar-refractivity contribution in [1.29, 1.82) is 0 Å². The van der Waals surface area contributed by atoms with Crippen molar-refractivity contribution in [3.05, 3.63) is 71.0 Å². The average Bonchev–Trinajstić information content (AvgIpc) is 2.49. The van der Waals surface area contributed by atoms with Crippen molar-refractivity contribution >= 4 is 5.97 Å². The number of carboxylic acid groups (broad SMARTS) is 1. The molecular formula is C17H18FNO2. The summed E-state index contributed by atoms with van der Waals surface area (Å²) in [6, 6.07) is 12.9. The van der Waals surface area contributed by atoms with E-state index >= 15 is 0 Å². The van der Waals surface area contributed by atoms with E-state index < -0.39 is 12.0 Å². The van der Waals surface area contributed by atoms with E-state index in [1.807, 2.05) is 19.1 Å². The SMILES string of the molecule is CCc1ccc(C(NCc2ccccc2F)C(=O)O)cc1. The van der Waals surface area contributed by atoms with Crippen LogP contribution in [0.25, 0.3) is 0 Å². The van der Waals surface area contributed by atoms with E-state index in [9.17, 15) is 14.3 Å². The molecule has 2 aromatic rings. The first-order chi connectivity index (χ1) is 10.1. The maximum Gasteiger partial charge on any atom is 0.325 e. The molecule has 0 radical (unpaired) electrons. The van der Waals surface area contributed by atoms with Crippen LogP contribution in [0, 0.1) is 5.82 Å². The van der Waals surface area contributed by atoms with Crippen molar-refractivity contribution in [2.75, 3.05) is 0 Å². The van der Waals surface area contributed by atoms with Crippen LogP contribution in [0.15, 0.2) is 48.5 Å². The number of rotatable bonds is 6. The molecule has 0 aliphatic carbocycles. The van der Waals surface area contributed by atoms with Crippen LogP contribution in [0.4, 0.5) is 4.39 Å². The molecule has 4 heteroatoms. The van der Waals surface area contributed by atoms with E-state index in [0.717, 1.165) is 12.0 Å². The minimum absolute atomic E-state index is 0.166. The number of benzene rings is 2. The molecule has 2 N–H and O–H groups in total. The second-order valence-electron chi connectivity index (χ2n) is 4.84. The number of aliphatic carboxylic acids is 1. The minimum Gasteiger partial charge on any atom is -0.480 e. The van der Waals surface area contributed by atoms with E-state index in [0.29, 0.717) is 11.1 Å². The largest absolute Gasteiger partial charge is 0.480 e. The second-order valence-corrected chi connectivity index (χ2v) is 4.84. The maximum atomic E-state index is 13.6. The quantitative estimate of drug-likeness (QED) is 0.857. The lowest BCUT2D eigenvalue weighted by Gasteiger charge is -2.15. The Kier molecular flexibility index (Phi) is 5.06. The first-order valence-corrected chi connectivity index (χ1v) is 6.90. The highest BCUT2D eigenvalue weighted by Gasteiger charge is 2.19. The van der Waals surface area contributed by atoms with Gasteiger partial charge in [0.2, 0.25) is 0 Å². The molecule has 0 heterocycles. The first-order valence-electron chi connectivity index (χ1n) is 6.90. The number of carbonyl (C=O) groups is 1. The zero-order valence-electron chi connectivity index (χ0n) is 11.8. The number of aryl methyl sites for hydroxylation is 1. The Morgan fingerprint density at radius 1 is 1.19 bits per heavy atom. The van der Waals surface area contributed by atoms with E-state index in [1.165, 1.54) is 6.07 Å². The highest BCUT2D eigenvalue weighted by molar-refractivity contribution is 5.75. The van der Waals surface area contributed by atoms with Gasteiger partial charge >= 0.3 is 5.97 Å². The second kappa shape index (κ2) is 6.99. The summed E-state index contributed by atoms with van der Waals surface area (Å²) in [5.74, 6) is -1.31. The summed E-state index contributed by atoms with van der Waals surface area (Å²) < 4.78 is 13.6. The van der Waals surface area contributed by atoms with Crippen LogP contribution < -0.4 is 5.32 Å². The van der Waals surface area contributed by atoms with Gasteiger partial charge in [0.05, 0.1) is 0 Å². The summed E-state index contributed by atoms with van der Waals surface area (Å²) in [7, 11) is 0. The molecule has 2 aromatic carbocycles. The van der Waals surface area contributed by atoms with Crippen molar-refractivity contribution in [2.45, 2.75) is 25.9 Å². The maximum absolute atomic E-state index is 13.6. The van der Waals surface area contributed by atoms with Gasteiger partial charge in [-0.2, -0.15) is 0 Å². The fourth-order valence-corrected chi connectivity index (χ4v) is 2.15. The van der Waals surface area contributed by atoms with E-state index in [1.54, 1.807) is 30.3 Å². The predicted molar refractivity (Wildman–Crippen MR) is 79.4 cm³/mol. The van der Waals surface area contributed by atoms with Gasteiger partial charge in [-0.3, -0.25) is 10.1 Å². The molecule has 0 aliphatic heterocycles. The third-order valence-corrected chi connectivity index (χ3v) is 3.42. The summed E-state index contributed by atoms with van der Waals surface area (Å²) in [6.45, 7) is 2.21. The molecule has 0 spiro atoms. The van der Waals surface area contributed by atoms with Crippen LogP contribution in [0.2, 0.25) is 0 Å². The van der Waals surface area contributed by atoms with Gasteiger partial charge in [0.1, 0.15) is 11.9 Å². The lowest BCUT2D eigenvalue weighted by Crippen LogP contribution is -2.28. The molecule has 0 fully saturated rings. The summed E-state index contributed by atoms with van der Waals surface area (Å²) in [5, 5.41) is 12.2. The summed E-state index contributed by atoms with van der Waals surface area (Å²) in [6.07, 6.45) is 0.903. The first kappa shape index (κ1) is 15.2. The number of halogens is 1. The normalized spacial score (nSPS) is 12.1. The molecule has 1 unspecified atom stereocenters. The van der Waals surface area contributed by atoms with Crippen molar-refractivity contribution < 1.29 is 14.3 Å². The highest BCUT2D eigenvalue weighted by atomic mass is 19.1. The standard InChI is InChI=1S/C17H18FNO2/c1-2-12-7-9-13(10-8-12)16(17(20)21)19-11-14-5-3-4-6-15(14)18/h3-10,16,19H,2,11H2,1H3,(H,20,21). The minimum atomic E-state index is -0.976. The topological polar surface area (TPSA) is 49.3 Å². The molecule has 0 aliphatic rings. The molecule has 110 valence electrons. The van der Waals surface area contributed by atoms with Crippen LogP contribution in [-0.4, -0.2) is 11.1 Å². The Balaban J connectivity index is 2.12. The van der Waals surface area contributed by atoms with Crippen molar-refractivity contribution in [3.63, 3.8) is 0 Å². The Labute approximate surface area is 123 Å². The fourth-order valence-electron chi connectivity index (χ4n) is 2.15. The van der Waals surface area contributed by atoms with E-state index in [-0.39, 0.29) is 12.4 Å².